The predicted molar refractivity (Wildman–Crippen MR) is 130 cm³/mol. The molecule has 4 unspecified atom stereocenters. The number of hydrogen-bond acceptors (Lipinski definition) is 6. The van der Waals surface area contributed by atoms with Crippen LogP contribution in [0, 0.1) is 11.8 Å². The largest absolute Gasteiger partial charge is 0.437 e. The number of rotatable bonds is 10. The van der Waals surface area contributed by atoms with Crippen molar-refractivity contribution in [2.24, 2.45) is 11.8 Å². The number of hydrogen-bond donors (Lipinski definition) is 0. The van der Waals surface area contributed by atoms with Gasteiger partial charge in [-0.3, -0.25) is 14.5 Å². The Morgan fingerprint density at radius 3 is 1.74 bits per heavy atom. The molecule has 3 aliphatic heterocycles. The van der Waals surface area contributed by atoms with E-state index in [4.69, 9.17) is 17.1 Å². The summed E-state index contributed by atoms with van der Waals surface area (Å²) in [7, 11) is -8.46. The molecule has 31 heavy (non-hydrogen) atoms. The molecule has 7 nitrogen and oxygen atoms in total. The fourth-order valence-corrected chi connectivity index (χ4v) is 23.5. The van der Waals surface area contributed by atoms with E-state index in [0.717, 1.165) is 18.9 Å². The van der Waals surface area contributed by atoms with Crippen LogP contribution in [0.1, 0.15) is 19.3 Å². The average Bonchev–Trinajstić information content (AvgIpc) is 3.19. The van der Waals surface area contributed by atoms with Crippen LogP contribution in [0.25, 0.3) is 0 Å². The van der Waals surface area contributed by atoms with Gasteiger partial charge in [0.1, 0.15) is 0 Å². The molecule has 3 heterocycles. The normalized spacial score (nSPS) is 30.8. The van der Waals surface area contributed by atoms with Gasteiger partial charge >= 0.3 is 17.1 Å². The Kier molecular flexibility index (Phi) is 7.04. The Balaban J connectivity index is 1.64. The molecule has 2 amide bonds. The summed E-state index contributed by atoms with van der Waals surface area (Å²) in [6, 6.07) is 0.749. The number of amides is 2. The van der Waals surface area contributed by atoms with E-state index in [1.807, 2.05) is 0 Å². The first kappa shape index (κ1) is 25.5. The van der Waals surface area contributed by atoms with Crippen molar-refractivity contribution in [2.45, 2.75) is 96.4 Å². The first-order chi connectivity index (χ1) is 14.0. The molecule has 0 N–H and O–H groups in total. The molecule has 0 aromatic rings. The van der Waals surface area contributed by atoms with E-state index >= 15 is 0 Å². The number of nitrogens with zero attached hydrogens (tertiary/aromatic N) is 1. The molecule has 0 saturated carbocycles. The Hall–Kier alpha value is -0.152. The van der Waals surface area contributed by atoms with Gasteiger partial charge in [0.2, 0.25) is 11.8 Å². The van der Waals surface area contributed by atoms with E-state index < -0.39 is 33.8 Å². The van der Waals surface area contributed by atoms with Gasteiger partial charge in [-0.25, -0.2) is 0 Å². The zero-order valence-electron chi connectivity index (χ0n) is 20.7. The second kappa shape index (κ2) is 8.57. The van der Waals surface area contributed by atoms with Crippen LogP contribution < -0.4 is 0 Å². The van der Waals surface area contributed by atoms with Gasteiger partial charge < -0.3 is 17.1 Å². The summed E-state index contributed by atoms with van der Waals surface area (Å²) in [4.78, 5) is 27.4. The molecule has 0 aromatic carbocycles. The van der Waals surface area contributed by atoms with E-state index in [1.54, 1.807) is 0 Å². The van der Waals surface area contributed by atoms with Gasteiger partial charge in [0, 0.05) is 6.54 Å². The van der Waals surface area contributed by atoms with Gasteiger partial charge in [-0.1, -0.05) is 0 Å². The quantitative estimate of drug-likeness (QED) is 0.331. The van der Waals surface area contributed by atoms with Crippen LogP contribution in [0.4, 0.5) is 0 Å². The van der Waals surface area contributed by atoms with Gasteiger partial charge in [-0.2, -0.15) is 0 Å². The monoisotopic (exact) mass is 503 g/mol. The maximum atomic E-state index is 12.9. The lowest BCUT2D eigenvalue weighted by atomic mass is 9.81. The first-order valence-electron chi connectivity index (χ1n) is 11.6. The van der Waals surface area contributed by atoms with Crippen LogP contribution in [-0.2, 0) is 26.7 Å². The molecular weight excluding hydrogens is 463 g/mol. The van der Waals surface area contributed by atoms with Crippen molar-refractivity contribution < 1.29 is 26.7 Å². The van der Waals surface area contributed by atoms with Crippen molar-refractivity contribution in [2.75, 3.05) is 6.54 Å². The van der Waals surface area contributed by atoms with Crippen molar-refractivity contribution in [3.8, 4) is 0 Å². The third-order valence-corrected chi connectivity index (χ3v) is 19.5. The topological polar surface area (TPSA) is 74.3 Å². The highest BCUT2D eigenvalue weighted by Gasteiger charge is 2.62. The van der Waals surface area contributed by atoms with Gasteiger partial charge in [0.25, 0.3) is 0 Å². The standard InChI is InChI=1S/C20H41NO6Si4/c1-28(2,3)25-30(7,8)27-31(9,26-29(4,5)6)14-10-13-21-19(22)17-15-11-12-16(24-15)18(17)20(21)23/h15-18H,10-14H2,1-9H3/t15?,16?,17?,18?,31-/m1/s1. The molecule has 178 valence electrons. The molecule has 3 saturated heterocycles. The Labute approximate surface area is 191 Å². The van der Waals surface area contributed by atoms with Crippen LogP contribution in [0.15, 0.2) is 0 Å². The summed E-state index contributed by atoms with van der Waals surface area (Å²) in [5.41, 5.74) is 0. The minimum absolute atomic E-state index is 0.0330. The number of carbonyl (C=O) groups excluding carboxylic acids is 2. The maximum Gasteiger partial charge on any atom is 0.315 e. The Morgan fingerprint density at radius 1 is 0.806 bits per heavy atom. The summed E-state index contributed by atoms with van der Waals surface area (Å²) >= 11 is 0. The summed E-state index contributed by atoms with van der Waals surface area (Å²) in [5.74, 6) is -0.564. The number of carbonyl (C=O) groups is 2. The molecule has 0 aromatic heterocycles. The maximum absolute atomic E-state index is 12.9. The van der Waals surface area contributed by atoms with Crippen LogP contribution in [0.5, 0.6) is 0 Å². The number of ether oxygens (including phenoxy) is 1. The molecule has 0 aliphatic carbocycles. The second-order valence-electron chi connectivity index (χ2n) is 11.8. The smallest absolute Gasteiger partial charge is 0.315 e. The van der Waals surface area contributed by atoms with E-state index in [1.165, 1.54) is 4.90 Å². The van der Waals surface area contributed by atoms with Crippen LogP contribution in [-0.4, -0.2) is 69.2 Å². The fraction of sp³-hybridized carbons (Fsp3) is 0.900. The molecule has 3 aliphatic rings. The molecule has 5 atom stereocenters. The highest BCUT2D eigenvalue weighted by Crippen LogP contribution is 2.48. The fourth-order valence-electron chi connectivity index (χ4n) is 5.60. The predicted octanol–water partition coefficient (Wildman–Crippen LogP) is 4.03. The number of fused-ring (bicyclic) bond motifs is 5. The zero-order valence-corrected chi connectivity index (χ0v) is 24.7. The van der Waals surface area contributed by atoms with Crippen LogP contribution >= 0.6 is 0 Å². The average molecular weight is 504 g/mol. The highest BCUT2D eigenvalue weighted by molar-refractivity contribution is 6.89. The molecule has 0 spiro atoms. The van der Waals surface area contributed by atoms with Crippen LogP contribution in [0.2, 0.25) is 65.0 Å². The molecule has 11 heteroatoms. The lowest BCUT2D eigenvalue weighted by Crippen LogP contribution is -2.57. The van der Waals surface area contributed by atoms with Crippen molar-refractivity contribution in [1.29, 1.82) is 0 Å². The molecule has 2 bridgehead atoms. The molecular formula is C20H41NO6Si4. The summed E-state index contributed by atoms with van der Waals surface area (Å²) in [6.07, 6.45) is 2.40. The first-order valence-corrected chi connectivity index (χ1v) is 23.8. The van der Waals surface area contributed by atoms with Crippen molar-refractivity contribution in [3.05, 3.63) is 0 Å². The lowest BCUT2D eigenvalue weighted by Gasteiger charge is -2.41. The van der Waals surface area contributed by atoms with E-state index in [-0.39, 0.29) is 35.9 Å². The zero-order chi connectivity index (χ0) is 23.4. The van der Waals surface area contributed by atoms with Crippen LogP contribution in [0.3, 0.4) is 0 Å². The van der Waals surface area contributed by atoms with Crippen molar-refractivity contribution in [3.63, 3.8) is 0 Å². The van der Waals surface area contributed by atoms with Gasteiger partial charge in [-0.05, 0) is 84.2 Å². The SMILES string of the molecule is C[Si](C)(C)O[Si](C)(C)O[Si@](C)(CCCN1C(=O)C2C3CCC(O3)C2C1=O)O[Si](C)(C)C. The van der Waals surface area contributed by atoms with E-state index in [0.29, 0.717) is 13.0 Å². The number of likely N-dealkylation sites (tertiary alicyclic amines) is 1. The van der Waals surface area contributed by atoms with Crippen molar-refractivity contribution >= 4 is 45.6 Å². The van der Waals surface area contributed by atoms with E-state index in [9.17, 15) is 9.59 Å². The molecule has 0 radical (unpaired) electrons. The number of imide groups is 1. The Morgan fingerprint density at radius 2 is 1.29 bits per heavy atom. The summed E-state index contributed by atoms with van der Waals surface area (Å²) < 4.78 is 25.6. The third-order valence-electron chi connectivity index (χ3n) is 5.92. The van der Waals surface area contributed by atoms with Gasteiger partial charge in [0.15, 0.2) is 16.6 Å². The molecule has 3 fully saturated rings. The third kappa shape index (κ3) is 6.05. The summed E-state index contributed by atoms with van der Waals surface area (Å²) in [6.45, 7) is 19.9. The summed E-state index contributed by atoms with van der Waals surface area (Å²) in [5, 5.41) is 0. The second-order valence-corrected chi connectivity index (χ2v) is 28.3. The molecule has 3 rings (SSSR count). The van der Waals surface area contributed by atoms with Gasteiger partial charge in [0.05, 0.1) is 24.0 Å². The Bertz CT molecular complexity index is 693. The minimum atomic E-state index is -2.53. The minimum Gasteiger partial charge on any atom is -0.437 e. The van der Waals surface area contributed by atoms with Gasteiger partial charge in [-0.15, -0.1) is 0 Å². The van der Waals surface area contributed by atoms with E-state index in [2.05, 4.69) is 58.9 Å². The van der Waals surface area contributed by atoms with Crippen molar-refractivity contribution in [1.82, 2.24) is 4.90 Å². The highest BCUT2D eigenvalue weighted by atomic mass is 28.5. The lowest BCUT2D eigenvalue weighted by molar-refractivity contribution is -0.142.